The Morgan fingerprint density at radius 2 is 1.72 bits per heavy atom. The fourth-order valence-electron chi connectivity index (χ4n) is 3.90. The first kappa shape index (κ1) is 15.9. The highest BCUT2D eigenvalue weighted by Gasteiger charge is 2.50. The number of hydrogen-bond acceptors (Lipinski definition) is 4. The minimum atomic E-state index is -0.570. The van der Waals surface area contributed by atoms with Crippen molar-refractivity contribution in [3.8, 4) is 0 Å². The van der Waals surface area contributed by atoms with Crippen molar-refractivity contribution < 1.29 is 19.1 Å². The molecule has 0 N–H and O–H groups in total. The molecule has 3 aliphatic rings. The molecule has 0 bridgehead atoms. The number of fused-ring (bicyclic) bond motifs is 2. The predicted octanol–water partition coefficient (Wildman–Crippen LogP) is 0.841. The van der Waals surface area contributed by atoms with E-state index in [1.807, 2.05) is 30.3 Å². The van der Waals surface area contributed by atoms with Crippen molar-refractivity contribution >= 4 is 17.9 Å². The first-order valence-corrected chi connectivity index (χ1v) is 8.72. The van der Waals surface area contributed by atoms with Crippen LogP contribution in [0.1, 0.15) is 18.4 Å². The fourth-order valence-corrected chi connectivity index (χ4v) is 3.90. The zero-order valence-corrected chi connectivity index (χ0v) is 14.0. The molecule has 3 fully saturated rings. The Morgan fingerprint density at radius 3 is 2.52 bits per heavy atom. The van der Waals surface area contributed by atoms with E-state index in [0.717, 1.165) is 18.4 Å². The van der Waals surface area contributed by atoms with Crippen molar-refractivity contribution in [2.45, 2.75) is 31.5 Å². The van der Waals surface area contributed by atoms with Gasteiger partial charge in [0, 0.05) is 19.6 Å². The van der Waals surface area contributed by atoms with E-state index in [1.54, 1.807) is 9.80 Å². The number of piperazine rings is 2. The van der Waals surface area contributed by atoms with Gasteiger partial charge in [-0.2, -0.15) is 0 Å². The van der Waals surface area contributed by atoms with E-state index >= 15 is 0 Å². The molecule has 3 saturated heterocycles. The van der Waals surface area contributed by atoms with Crippen LogP contribution in [0.5, 0.6) is 0 Å². The predicted molar refractivity (Wildman–Crippen MR) is 88.4 cm³/mol. The van der Waals surface area contributed by atoms with Gasteiger partial charge >= 0.3 is 6.09 Å². The lowest BCUT2D eigenvalue weighted by Crippen LogP contribution is -2.69. The zero-order chi connectivity index (χ0) is 17.4. The average Bonchev–Trinajstić information content (AvgIpc) is 3.15. The molecule has 3 heterocycles. The smallest absolute Gasteiger partial charge is 0.410 e. The highest BCUT2D eigenvalue weighted by Crippen LogP contribution is 2.28. The van der Waals surface area contributed by atoms with Crippen LogP contribution in [-0.4, -0.2) is 70.9 Å². The topological polar surface area (TPSA) is 70.2 Å². The molecule has 2 atom stereocenters. The number of rotatable bonds is 2. The SMILES string of the molecule is O=C(OCc1ccccc1)N1CCN2C(=O)[C@H]3CCCN3C(=O)[C@H]2C1. The standard InChI is InChI=1S/C18H21N3O4/c22-16-14-7-4-8-20(14)17(23)15-11-19(9-10-21(15)16)18(24)25-12-13-5-2-1-3-6-13/h1-3,5-6,14-15H,4,7-12H2/t14-,15-/m1/s1. The van der Waals surface area contributed by atoms with Gasteiger partial charge in [-0.25, -0.2) is 4.79 Å². The van der Waals surface area contributed by atoms with Crippen LogP contribution in [0, 0.1) is 0 Å². The van der Waals surface area contributed by atoms with E-state index in [1.165, 1.54) is 4.90 Å². The lowest BCUT2D eigenvalue weighted by molar-refractivity contribution is -0.162. The molecule has 0 radical (unpaired) electrons. The molecule has 0 aromatic heterocycles. The van der Waals surface area contributed by atoms with E-state index < -0.39 is 12.1 Å². The second-order valence-electron chi connectivity index (χ2n) is 6.72. The Kier molecular flexibility index (Phi) is 4.07. The summed E-state index contributed by atoms with van der Waals surface area (Å²) in [6, 6.07) is 8.60. The number of nitrogens with zero attached hydrogens (tertiary/aromatic N) is 3. The fraction of sp³-hybridized carbons (Fsp3) is 0.500. The first-order valence-electron chi connectivity index (χ1n) is 8.72. The van der Waals surface area contributed by atoms with Crippen molar-refractivity contribution in [3.63, 3.8) is 0 Å². The van der Waals surface area contributed by atoms with Crippen LogP contribution in [0.15, 0.2) is 30.3 Å². The summed E-state index contributed by atoms with van der Waals surface area (Å²) in [5.74, 6) is -0.0120. The minimum Gasteiger partial charge on any atom is -0.445 e. The maximum Gasteiger partial charge on any atom is 0.410 e. The van der Waals surface area contributed by atoms with Crippen LogP contribution in [0.4, 0.5) is 4.79 Å². The second-order valence-corrected chi connectivity index (χ2v) is 6.72. The van der Waals surface area contributed by atoms with Gasteiger partial charge < -0.3 is 19.4 Å². The lowest BCUT2D eigenvalue weighted by Gasteiger charge is -2.47. The Hall–Kier alpha value is -2.57. The maximum atomic E-state index is 12.7. The molecule has 7 heteroatoms. The normalized spacial score (nSPS) is 25.7. The van der Waals surface area contributed by atoms with Gasteiger partial charge in [-0.15, -0.1) is 0 Å². The van der Waals surface area contributed by atoms with Crippen molar-refractivity contribution in [1.29, 1.82) is 0 Å². The average molecular weight is 343 g/mol. The molecule has 1 aromatic carbocycles. The van der Waals surface area contributed by atoms with E-state index in [-0.39, 0.29) is 31.0 Å². The number of carbonyl (C=O) groups is 3. The summed E-state index contributed by atoms with van der Waals surface area (Å²) in [6.45, 7) is 1.83. The lowest BCUT2D eigenvalue weighted by atomic mass is 10.0. The highest BCUT2D eigenvalue weighted by atomic mass is 16.6. The Balaban J connectivity index is 1.40. The summed E-state index contributed by atoms with van der Waals surface area (Å²) in [5, 5.41) is 0. The molecule has 3 aliphatic heterocycles. The summed E-state index contributed by atoms with van der Waals surface area (Å²) in [5.41, 5.74) is 0.915. The minimum absolute atomic E-state index is 0.0272. The van der Waals surface area contributed by atoms with E-state index in [2.05, 4.69) is 0 Å². The quantitative estimate of drug-likeness (QED) is 0.798. The van der Waals surface area contributed by atoms with Crippen molar-refractivity contribution in [1.82, 2.24) is 14.7 Å². The Morgan fingerprint density at radius 1 is 1.00 bits per heavy atom. The number of amides is 3. The Labute approximate surface area is 146 Å². The van der Waals surface area contributed by atoms with Gasteiger partial charge in [0.15, 0.2) is 0 Å². The maximum absolute atomic E-state index is 12.7. The molecule has 0 saturated carbocycles. The van der Waals surface area contributed by atoms with Gasteiger partial charge in [0.25, 0.3) is 0 Å². The van der Waals surface area contributed by atoms with Crippen LogP contribution >= 0.6 is 0 Å². The summed E-state index contributed by atoms with van der Waals surface area (Å²) in [7, 11) is 0. The summed E-state index contributed by atoms with van der Waals surface area (Å²) < 4.78 is 5.35. The van der Waals surface area contributed by atoms with Crippen molar-refractivity contribution in [2.75, 3.05) is 26.2 Å². The monoisotopic (exact) mass is 343 g/mol. The third-order valence-electron chi connectivity index (χ3n) is 5.23. The van der Waals surface area contributed by atoms with Crippen LogP contribution < -0.4 is 0 Å². The molecule has 0 aliphatic carbocycles. The van der Waals surface area contributed by atoms with E-state index in [9.17, 15) is 14.4 Å². The van der Waals surface area contributed by atoms with Crippen LogP contribution in [0.2, 0.25) is 0 Å². The number of hydrogen-bond donors (Lipinski definition) is 0. The first-order chi connectivity index (χ1) is 12.1. The van der Waals surface area contributed by atoms with Gasteiger partial charge in [-0.05, 0) is 18.4 Å². The van der Waals surface area contributed by atoms with Crippen LogP contribution in [0.25, 0.3) is 0 Å². The molecule has 25 heavy (non-hydrogen) atoms. The largest absolute Gasteiger partial charge is 0.445 e. The second kappa shape index (κ2) is 6.38. The van der Waals surface area contributed by atoms with Crippen molar-refractivity contribution in [2.24, 2.45) is 0 Å². The molecule has 0 spiro atoms. The molecule has 132 valence electrons. The highest BCUT2D eigenvalue weighted by molar-refractivity contribution is 5.98. The van der Waals surface area contributed by atoms with Gasteiger partial charge in [0.1, 0.15) is 18.7 Å². The van der Waals surface area contributed by atoms with Crippen LogP contribution in [0.3, 0.4) is 0 Å². The summed E-state index contributed by atoms with van der Waals surface area (Å²) in [4.78, 5) is 42.5. The zero-order valence-electron chi connectivity index (χ0n) is 14.0. The Bertz CT molecular complexity index is 693. The van der Waals surface area contributed by atoms with Gasteiger partial charge in [-0.3, -0.25) is 9.59 Å². The summed E-state index contributed by atoms with van der Waals surface area (Å²) >= 11 is 0. The summed E-state index contributed by atoms with van der Waals surface area (Å²) in [6.07, 6.45) is 1.18. The van der Waals surface area contributed by atoms with E-state index in [0.29, 0.717) is 19.6 Å². The van der Waals surface area contributed by atoms with Crippen LogP contribution in [-0.2, 0) is 20.9 Å². The molecule has 4 rings (SSSR count). The molecule has 3 amide bonds. The number of benzene rings is 1. The number of ether oxygens (including phenoxy) is 1. The number of carbonyl (C=O) groups excluding carboxylic acids is 3. The van der Waals surface area contributed by atoms with Crippen molar-refractivity contribution in [3.05, 3.63) is 35.9 Å². The molecular formula is C18H21N3O4. The molecule has 7 nitrogen and oxygen atoms in total. The molecule has 1 aromatic rings. The molecule has 0 unspecified atom stereocenters. The van der Waals surface area contributed by atoms with Gasteiger partial charge in [0.2, 0.25) is 11.8 Å². The van der Waals surface area contributed by atoms with Gasteiger partial charge in [-0.1, -0.05) is 30.3 Å². The third-order valence-corrected chi connectivity index (χ3v) is 5.23. The van der Waals surface area contributed by atoms with Gasteiger partial charge in [0.05, 0.1) is 6.54 Å². The molecular weight excluding hydrogens is 322 g/mol. The van der Waals surface area contributed by atoms with E-state index in [4.69, 9.17) is 4.74 Å². The third kappa shape index (κ3) is 2.83.